The number of rotatable bonds is 8. The molecule has 0 heterocycles. The van der Waals surface area contributed by atoms with Crippen molar-refractivity contribution in [3.63, 3.8) is 0 Å². The molecule has 0 aliphatic rings. The van der Waals surface area contributed by atoms with Crippen LogP contribution in [0.4, 0.5) is 10.1 Å². The Kier molecular flexibility index (Phi) is 6.84. The smallest absolute Gasteiger partial charge is 0.344 e. The Morgan fingerprint density at radius 1 is 1.04 bits per heavy atom. The molecule has 0 bridgehead atoms. The van der Waals surface area contributed by atoms with E-state index in [9.17, 15) is 18.8 Å². The van der Waals surface area contributed by atoms with E-state index >= 15 is 0 Å². The Morgan fingerprint density at radius 2 is 1.77 bits per heavy atom. The second kappa shape index (κ2) is 9.31. The van der Waals surface area contributed by atoms with Crippen LogP contribution >= 0.6 is 0 Å². The molecule has 0 saturated carbocycles. The Morgan fingerprint density at radius 3 is 2.42 bits per heavy atom. The standard InChI is InChI=1S/C19H18FNO5/c1-2-17(22)13-6-8-16(9-7-13)25-12-19(24)26-11-18(23)21-15-5-3-4-14(20)10-15/h3-10H,2,11-12H2,1H3,(H,21,23). The number of ketones is 1. The van der Waals surface area contributed by atoms with E-state index < -0.39 is 24.3 Å². The predicted octanol–water partition coefficient (Wildman–Crippen LogP) is 2.98. The summed E-state index contributed by atoms with van der Waals surface area (Å²) in [6.07, 6.45) is 0.407. The Bertz CT molecular complexity index is 789. The van der Waals surface area contributed by atoms with Crippen LogP contribution in [-0.2, 0) is 14.3 Å². The largest absolute Gasteiger partial charge is 0.482 e. The normalized spacial score (nSPS) is 10.1. The van der Waals surface area contributed by atoms with Crippen molar-refractivity contribution >= 4 is 23.3 Å². The summed E-state index contributed by atoms with van der Waals surface area (Å²) in [4.78, 5) is 34.8. The van der Waals surface area contributed by atoms with Gasteiger partial charge in [-0.2, -0.15) is 0 Å². The molecule has 0 aliphatic heterocycles. The minimum absolute atomic E-state index is 0.0141. The van der Waals surface area contributed by atoms with Gasteiger partial charge in [0.15, 0.2) is 19.0 Å². The van der Waals surface area contributed by atoms with Gasteiger partial charge >= 0.3 is 5.97 Å². The number of hydrogen-bond acceptors (Lipinski definition) is 5. The first-order chi connectivity index (χ1) is 12.5. The minimum atomic E-state index is -0.729. The molecular weight excluding hydrogens is 341 g/mol. The highest BCUT2D eigenvalue weighted by Crippen LogP contribution is 2.13. The molecular formula is C19H18FNO5. The lowest BCUT2D eigenvalue weighted by molar-refractivity contribution is -0.149. The summed E-state index contributed by atoms with van der Waals surface area (Å²) in [7, 11) is 0. The summed E-state index contributed by atoms with van der Waals surface area (Å²) in [6, 6.07) is 11.7. The van der Waals surface area contributed by atoms with Crippen LogP contribution in [0.2, 0.25) is 0 Å². The van der Waals surface area contributed by atoms with Gasteiger partial charge in [0.25, 0.3) is 5.91 Å². The molecule has 1 N–H and O–H groups in total. The molecule has 0 fully saturated rings. The number of carbonyl (C=O) groups is 3. The maximum Gasteiger partial charge on any atom is 0.344 e. The molecule has 136 valence electrons. The molecule has 26 heavy (non-hydrogen) atoms. The first-order valence-electron chi connectivity index (χ1n) is 7.95. The van der Waals surface area contributed by atoms with Crippen LogP contribution in [0.1, 0.15) is 23.7 Å². The second-order valence-electron chi connectivity index (χ2n) is 5.31. The fourth-order valence-electron chi connectivity index (χ4n) is 2.03. The minimum Gasteiger partial charge on any atom is -0.482 e. The third-order valence-corrected chi connectivity index (χ3v) is 3.33. The molecule has 0 spiro atoms. The highest BCUT2D eigenvalue weighted by atomic mass is 19.1. The fraction of sp³-hybridized carbons (Fsp3) is 0.211. The van der Waals surface area contributed by atoms with Gasteiger partial charge in [-0.15, -0.1) is 0 Å². The fourth-order valence-corrected chi connectivity index (χ4v) is 2.03. The van der Waals surface area contributed by atoms with Crippen molar-refractivity contribution in [1.29, 1.82) is 0 Å². The van der Waals surface area contributed by atoms with Crippen molar-refractivity contribution in [3.05, 3.63) is 59.9 Å². The van der Waals surface area contributed by atoms with E-state index in [4.69, 9.17) is 9.47 Å². The Labute approximate surface area is 149 Å². The number of hydrogen-bond donors (Lipinski definition) is 1. The summed E-state index contributed by atoms with van der Waals surface area (Å²) in [5.41, 5.74) is 0.834. The van der Waals surface area contributed by atoms with E-state index in [1.807, 2.05) is 0 Å². The van der Waals surface area contributed by atoms with Crippen LogP contribution in [0.25, 0.3) is 0 Å². The number of anilines is 1. The number of esters is 1. The van der Waals surface area contributed by atoms with E-state index in [0.29, 0.717) is 17.7 Å². The zero-order valence-electron chi connectivity index (χ0n) is 14.2. The van der Waals surface area contributed by atoms with Crippen molar-refractivity contribution in [2.75, 3.05) is 18.5 Å². The number of carbonyl (C=O) groups excluding carboxylic acids is 3. The van der Waals surface area contributed by atoms with Crippen LogP contribution in [-0.4, -0.2) is 30.9 Å². The van der Waals surface area contributed by atoms with Gasteiger partial charge in [-0.3, -0.25) is 9.59 Å². The monoisotopic (exact) mass is 359 g/mol. The van der Waals surface area contributed by atoms with Gasteiger partial charge in [-0.1, -0.05) is 13.0 Å². The van der Waals surface area contributed by atoms with E-state index in [1.54, 1.807) is 31.2 Å². The molecule has 0 radical (unpaired) electrons. The van der Waals surface area contributed by atoms with E-state index in [1.165, 1.54) is 18.2 Å². The quantitative estimate of drug-likeness (QED) is 0.579. The predicted molar refractivity (Wildman–Crippen MR) is 92.5 cm³/mol. The van der Waals surface area contributed by atoms with Crippen molar-refractivity contribution in [3.8, 4) is 5.75 Å². The summed E-state index contributed by atoms with van der Waals surface area (Å²) < 4.78 is 23.0. The molecule has 2 aromatic carbocycles. The highest BCUT2D eigenvalue weighted by molar-refractivity contribution is 5.96. The zero-order chi connectivity index (χ0) is 18.9. The number of halogens is 1. The van der Waals surface area contributed by atoms with E-state index in [-0.39, 0.29) is 18.1 Å². The average molecular weight is 359 g/mol. The van der Waals surface area contributed by atoms with Gasteiger partial charge in [-0.05, 0) is 42.5 Å². The molecule has 7 heteroatoms. The molecule has 0 atom stereocenters. The van der Waals surface area contributed by atoms with Gasteiger partial charge in [0.1, 0.15) is 11.6 Å². The highest BCUT2D eigenvalue weighted by Gasteiger charge is 2.10. The van der Waals surface area contributed by atoms with Gasteiger partial charge in [0, 0.05) is 17.7 Å². The Hall–Kier alpha value is -3.22. The lowest BCUT2D eigenvalue weighted by Gasteiger charge is -2.08. The van der Waals surface area contributed by atoms with Gasteiger partial charge in [0.2, 0.25) is 0 Å². The number of benzene rings is 2. The third kappa shape index (κ3) is 6.01. The lowest BCUT2D eigenvalue weighted by Crippen LogP contribution is -2.23. The second-order valence-corrected chi connectivity index (χ2v) is 5.31. The molecule has 0 saturated heterocycles. The zero-order valence-corrected chi connectivity index (χ0v) is 14.2. The van der Waals surface area contributed by atoms with Gasteiger partial charge in [-0.25, -0.2) is 9.18 Å². The van der Waals surface area contributed by atoms with Crippen LogP contribution < -0.4 is 10.1 Å². The van der Waals surface area contributed by atoms with Gasteiger partial charge in [0.05, 0.1) is 0 Å². The SMILES string of the molecule is CCC(=O)c1ccc(OCC(=O)OCC(=O)Nc2cccc(F)c2)cc1. The topological polar surface area (TPSA) is 81.7 Å². The van der Waals surface area contributed by atoms with Gasteiger partial charge < -0.3 is 14.8 Å². The Balaban J connectivity index is 1.73. The van der Waals surface area contributed by atoms with Crippen molar-refractivity contribution in [2.24, 2.45) is 0 Å². The van der Waals surface area contributed by atoms with Crippen molar-refractivity contribution in [1.82, 2.24) is 0 Å². The van der Waals surface area contributed by atoms with E-state index in [2.05, 4.69) is 5.32 Å². The van der Waals surface area contributed by atoms with E-state index in [0.717, 1.165) is 6.07 Å². The number of amides is 1. The average Bonchev–Trinajstić information content (AvgIpc) is 2.64. The molecule has 2 aromatic rings. The molecule has 0 aromatic heterocycles. The molecule has 0 aliphatic carbocycles. The maximum absolute atomic E-state index is 13.0. The summed E-state index contributed by atoms with van der Waals surface area (Å²) in [5.74, 6) is -1.39. The summed E-state index contributed by atoms with van der Waals surface area (Å²) in [6.45, 7) is 0.879. The number of ether oxygens (including phenoxy) is 2. The number of Topliss-reactive ketones (excluding diaryl/α,β-unsaturated/α-hetero) is 1. The first-order valence-corrected chi connectivity index (χ1v) is 7.95. The maximum atomic E-state index is 13.0. The van der Waals surface area contributed by atoms with Crippen LogP contribution in [0.3, 0.4) is 0 Å². The molecule has 1 amide bonds. The van der Waals surface area contributed by atoms with Crippen molar-refractivity contribution < 1.29 is 28.2 Å². The molecule has 6 nitrogen and oxygen atoms in total. The third-order valence-electron chi connectivity index (χ3n) is 3.33. The van der Waals surface area contributed by atoms with Crippen LogP contribution in [0.15, 0.2) is 48.5 Å². The van der Waals surface area contributed by atoms with Crippen LogP contribution in [0, 0.1) is 5.82 Å². The van der Waals surface area contributed by atoms with Crippen molar-refractivity contribution in [2.45, 2.75) is 13.3 Å². The van der Waals surface area contributed by atoms with Crippen LogP contribution in [0.5, 0.6) is 5.75 Å². The molecule has 0 unspecified atom stereocenters. The lowest BCUT2D eigenvalue weighted by atomic mass is 10.1. The summed E-state index contributed by atoms with van der Waals surface area (Å²) in [5, 5.41) is 2.41. The first kappa shape index (κ1) is 19.1. The summed E-state index contributed by atoms with van der Waals surface area (Å²) >= 11 is 0. The molecule has 2 rings (SSSR count). The number of nitrogens with one attached hydrogen (secondary N) is 1.